The first-order chi connectivity index (χ1) is 16.7. The van der Waals surface area contributed by atoms with E-state index in [0.717, 1.165) is 23.3 Å². The van der Waals surface area contributed by atoms with Crippen LogP contribution < -0.4 is 10.6 Å². The maximum absolute atomic E-state index is 13.1. The van der Waals surface area contributed by atoms with Gasteiger partial charge in [0.1, 0.15) is 24.0 Å². The zero-order valence-corrected chi connectivity index (χ0v) is 17.9. The van der Waals surface area contributed by atoms with Crippen molar-refractivity contribution in [1.29, 1.82) is 0 Å². The van der Waals surface area contributed by atoms with E-state index in [2.05, 4.69) is 10.6 Å². The first-order valence-electron chi connectivity index (χ1n) is 10.6. The van der Waals surface area contributed by atoms with Gasteiger partial charge in [0.2, 0.25) is 0 Å². The minimum atomic E-state index is -4.59. The van der Waals surface area contributed by atoms with Crippen LogP contribution in [0.3, 0.4) is 0 Å². The van der Waals surface area contributed by atoms with Gasteiger partial charge in [0.05, 0.1) is 30.2 Å². The number of carbonyl (C=O) groups is 1. The fourth-order valence-corrected chi connectivity index (χ4v) is 3.86. The Morgan fingerprint density at radius 1 is 1.03 bits per heavy atom. The van der Waals surface area contributed by atoms with Crippen molar-refractivity contribution in [2.45, 2.75) is 37.4 Å². The number of benzene rings is 2. The molecular formula is C22H21F3N4O6. The number of aromatic nitrogens is 2. The third-order valence-electron chi connectivity index (χ3n) is 5.76. The van der Waals surface area contributed by atoms with E-state index in [-0.39, 0.29) is 12.3 Å². The number of amides is 2. The Balaban J connectivity index is 1.14. The van der Waals surface area contributed by atoms with E-state index in [9.17, 15) is 28.2 Å². The Morgan fingerprint density at radius 3 is 2.34 bits per heavy atom. The molecule has 0 saturated carbocycles. The van der Waals surface area contributed by atoms with Crippen LogP contribution in [-0.2, 0) is 22.3 Å². The molecule has 5 rings (SSSR count). The minimum absolute atomic E-state index is 0.150. The lowest BCUT2D eigenvalue weighted by Crippen LogP contribution is -2.34. The summed E-state index contributed by atoms with van der Waals surface area (Å²) in [5.41, 5.74) is 0.775. The standard InChI is InChI=1S/C22H21F3N4O6/c23-22(24,25)13-3-1-2-4-14(13)27-21(33)26-11-5-7-12(8-6-11)28-19-15(29(19)28)10-34-20-18(32)17(31)16(9-30)35-20/h1-8,16-18,20,30-32H,9-10H2,(H2,26,27,33). The molecule has 35 heavy (non-hydrogen) atoms. The molecule has 4 atom stereocenters. The zero-order valence-electron chi connectivity index (χ0n) is 17.9. The van der Waals surface area contributed by atoms with Crippen molar-refractivity contribution in [1.82, 2.24) is 9.36 Å². The van der Waals surface area contributed by atoms with Crippen molar-refractivity contribution in [3.8, 4) is 11.5 Å². The predicted molar refractivity (Wildman–Crippen MR) is 115 cm³/mol. The Labute approximate surface area is 196 Å². The number of hydrogen-bond donors (Lipinski definition) is 5. The maximum atomic E-state index is 13.1. The molecule has 2 amide bonds. The summed E-state index contributed by atoms with van der Waals surface area (Å²) in [4.78, 5) is 12.2. The van der Waals surface area contributed by atoms with Gasteiger partial charge in [-0.15, -0.1) is 0 Å². The fourth-order valence-electron chi connectivity index (χ4n) is 3.86. The summed E-state index contributed by atoms with van der Waals surface area (Å²) in [6.45, 7) is -0.281. The predicted octanol–water partition coefficient (Wildman–Crippen LogP) is 2.20. The average molecular weight is 494 g/mol. The van der Waals surface area contributed by atoms with Gasteiger partial charge in [-0.05, 0) is 36.4 Å². The van der Waals surface area contributed by atoms with Crippen molar-refractivity contribution in [2.24, 2.45) is 0 Å². The molecule has 3 aliphatic heterocycles. The Bertz CT molecular complexity index is 1220. The van der Waals surface area contributed by atoms with Crippen molar-refractivity contribution in [2.75, 3.05) is 17.2 Å². The highest BCUT2D eigenvalue weighted by Gasteiger charge is 2.46. The number of rotatable bonds is 7. The number of nitrogens with zero attached hydrogens (tertiary/aromatic N) is 2. The second-order valence-corrected chi connectivity index (χ2v) is 8.08. The van der Waals surface area contributed by atoms with Gasteiger partial charge in [-0.3, -0.25) is 0 Å². The van der Waals surface area contributed by atoms with Crippen LogP contribution in [0.4, 0.5) is 29.3 Å². The van der Waals surface area contributed by atoms with Crippen molar-refractivity contribution < 1.29 is 42.8 Å². The molecule has 0 aromatic heterocycles. The molecule has 4 unspecified atom stereocenters. The van der Waals surface area contributed by atoms with E-state index in [4.69, 9.17) is 14.6 Å². The number of ether oxygens (including phenoxy) is 2. The number of urea groups is 1. The van der Waals surface area contributed by atoms with Crippen LogP contribution in [0.5, 0.6) is 0 Å². The van der Waals surface area contributed by atoms with Gasteiger partial charge >= 0.3 is 12.2 Å². The summed E-state index contributed by atoms with van der Waals surface area (Å²) in [5, 5.41) is 33.4. The second-order valence-electron chi connectivity index (χ2n) is 8.08. The summed E-state index contributed by atoms with van der Waals surface area (Å²) >= 11 is 0. The highest BCUT2D eigenvalue weighted by atomic mass is 19.4. The molecule has 5 N–H and O–H groups in total. The first-order valence-corrected chi connectivity index (χ1v) is 10.6. The van der Waals surface area contributed by atoms with Gasteiger partial charge in [-0.1, -0.05) is 12.1 Å². The summed E-state index contributed by atoms with van der Waals surface area (Å²) in [6.07, 6.45) is -9.00. The van der Waals surface area contributed by atoms with Crippen LogP contribution in [0.25, 0.3) is 11.5 Å². The van der Waals surface area contributed by atoms with Crippen molar-refractivity contribution >= 4 is 17.4 Å². The number of carbonyl (C=O) groups excluding carboxylic acids is 1. The molecule has 10 nitrogen and oxygen atoms in total. The maximum Gasteiger partial charge on any atom is 0.418 e. The topological polar surface area (TPSA) is 130 Å². The normalized spacial score (nSPS) is 22.9. The van der Waals surface area contributed by atoms with Gasteiger partial charge < -0.3 is 35.4 Å². The van der Waals surface area contributed by atoms with E-state index >= 15 is 0 Å². The molecule has 13 heteroatoms. The largest absolute Gasteiger partial charge is 0.418 e. The van der Waals surface area contributed by atoms with Crippen LogP contribution in [0.15, 0.2) is 48.5 Å². The number of hydrogen-bond acceptors (Lipinski definition) is 6. The molecule has 3 heterocycles. The zero-order chi connectivity index (χ0) is 24.9. The molecule has 186 valence electrons. The lowest BCUT2D eigenvalue weighted by atomic mass is 10.1. The number of halogens is 3. The summed E-state index contributed by atoms with van der Waals surface area (Å²) in [7, 11) is 0. The Morgan fingerprint density at radius 2 is 1.71 bits per heavy atom. The number of aliphatic hydroxyl groups excluding tert-OH is 3. The molecular weight excluding hydrogens is 473 g/mol. The molecule has 3 aliphatic rings. The molecule has 0 aliphatic carbocycles. The lowest BCUT2D eigenvalue weighted by molar-refractivity contribution is -0.175. The van der Waals surface area contributed by atoms with Crippen LogP contribution in [-0.4, -0.2) is 61.9 Å². The van der Waals surface area contributed by atoms with E-state index in [1.54, 1.807) is 24.3 Å². The molecule has 2 aromatic rings. The van der Waals surface area contributed by atoms with E-state index < -0.39 is 49.0 Å². The lowest BCUT2D eigenvalue weighted by Gasteiger charge is -2.14. The van der Waals surface area contributed by atoms with Crippen LogP contribution >= 0.6 is 0 Å². The van der Waals surface area contributed by atoms with Crippen molar-refractivity contribution in [3.05, 3.63) is 59.8 Å². The van der Waals surface area contributed by atoms with Crippen LogP contribution in [0, 0.1) is 0 Å². The SMILES string of the molecule is O=C(Nc1ccc(-n2c3c(COC4OC(CO)C(O)C4O)n2-3)cc1)Nc1ccccc1C(F)(F)F. The van der Waals surface area contributed by atoms with Crippen LogP contribution in [0.2, 0.25) is 0 Å². The van der Waals surface area contributed by atoms with E-state index in [0.29, 0.717) is 5.69 Å². The van der Waals surface area contributed by atoms with E-state index in [1.807, 2.05) is 9.36 Å². The number of para-hydroxylation sites is 1. The smallest absolute Gasteiger partial charge is 0.394 e. The second kappa shape index (κ2) is 8.70. The fraction of sp³-hybridized carbons (Fsp3) is 0.318. The highest BCUT2D eigenvalue weighted by molar-refractivity contribution is 6.00. The van der Waals surface area contributed by atoms with Gasteiger partial charge in [0, 0.05) is 5.69 Å². The third kappa shape index (κ3) is 4.51. The molecule has 0 bridgehead atoms. The monoisotopic (exact) mass is 494 g/mol. The van der Waals surface area contributed by atoms with Gasteiger partial charge in [0.15, 0.2) is 12.1 Å². The number of anilines is 2. The first kappa shape index (κ1) is 23.4. The molecule has 1 saturated heterocycles. The molecule has 2 aromatic carbocycles. The minimum Gasteiger partial charge on any atom is -0.394 e. The third-order valence-corrected chi connectivity index (χ3v) is 5.76. The van der Waals surface area contributed by atoms with Crippen molar-refractivity contribution in [3.63, 3.8) is 0 Å². The summed E-state index contributed by atoms with van der Waals surface area (Å²) in [6, 6.07) is 10.6. The molecule has 0 spiro atoms. The molecule has 1 fully saturated rings. The van der Waals surface area contributed by atoms with Gasteiger partial charge in [-0.25, -0.2) is 14.2 Å². The number of fused-ring (bicyclic) bond motifs is 1. The number of alkyl halides is 3. The van der Waals surface area contributed by atoms with E-state index in [1.165, 1.54) is 18.2 Å². The summed E-state index contributed by atoms with van der Waals surface area (Å²) in [5.74, 6) is 0.902. The van der Waals surface area contributed by atoms with Gasteiger partial charge in [-0.2, -0.15) is 13.2 Å². The number of nitrogens with one attached hydrogen (secondary N) is 2. The molecule has 0 radical (unpaired) electrons. The Kier molecular flexibility index (Phi) is 5.81. The highest BCUT2D eigenvalue weighted by Crippen LogP contribution is 2.43. The van der Waals surface area contributed by atoms with Crippen LogP contribution in [0.1, 0.15) is 11.3 Å². The van der Waals surface area contributed by atoms with Gasteiger partial charge in [0.25, 0.3) is 0 Å². The summed E-state index contributed by atoms with van der Waals surface area (Å²) < 4.78 is 53.7. The average Bonchev–Trinajstić information content (AvgIpc) is 3.71. The quantitative estimate of drug-likeness (QED) is 0.268. The number of aliphatic hydroxyl groups is 3. The Hall–Kier alpha value is -3.36.